The van der Waals surface area contributed by atoms with E-state index in [4.69, 9.17) is 28.9 Å². The number of nitrogens with one attached hydrogen (secondary N) is 1. The van der Waals surface area contributed by atoms with Crippen LogP contribution in [0.15, 0.2) is 21.5 Å². The third kappa shape index (κ3) is 3.48. The summed E-state index contributed by atoms with van der Waals surface area (Å²) in [6.45, 7) is 0.467. The molecule has 4 nitrogen and oxygen atoms in total. The normalized spacial score (nSPS) is 23.2. The highest BCUT2D eigenvalue weighted by Crippen LogP contribution is 2.34. The van der Waals surface area contributed by atoms with Gasteiger partial charge in [0.1, 0.15) is 4.90 Å². The van der Waals surface area contributed by atoms with E-state index in [9.17, 15) is 8.42 Å². The summed E-state index contributed by atoms with van der Waals surface area (Å²) < 4.78 is 28.2. The Labute approximate surface area is 137 Å². The predicted molar refractivity (Wildman–Crippen MR) is 84.7 cm³/mol. The van der Waals surface area contributed by atoms with Gasteiger partial charge in [-0.1, -0.05) is 45.6 Å². The fourth-order valence-corrected chi connectivity index (χ4v) is 5.79. The maximum Gasteiger partial charge on any atom is 0.243 e. The maximum absolute atomic E-state index is 12.5. The fourth-order valence-electron chi connectivity index (χ4n) is 2.52. The van der Waals surface area contributed by atoms with Crippen LogP contribution >= 0.6 is 39.1 Å². The summed E-state index contributed by atoms with van der Waals surface area (Å²) in [4.78, 5) is -0.0771. The van der Waals surface area contributed by atoms with E-state index in [1.165, 1.54) is 12.1 Å². The number of hydrogen-bond acceptors (Lipinski definition) is 3. The van der Waals surface area contributed by atoms with Crippen molar-refractivity contribution < 1.29 is 8.42 Å². The molecule has 0 radical (unpaired) electrons. The van der Waals surface area contributed by atoms with Crippen molar-refractivity contribution in [3.8, 4) is 0 Å². The topological polar surface area (TPSA) is 72.2 Å². The van der Waals surface area contributed by atoms with Crippen molar-refractivity contribution in [2.75, 3.05) is 6.54 Å². The minimum absolute atomic E-state index is 0.0771. The first-order chi connectivity index (χ1) is 9.35. The highest BCUT2D eigenvalue weighted by molar-refractivity contribution is 9.10. The van der Waals surface area contributed by atoms with Crippen LogP contribution in [0.3, 0.4) is 0 Å². The Bertz CT molecular complexity index is 586. The first-order valence-corrected chi connectivity index (χ1v) is 9.25. The highest BCUT2D eigenvalue weighted by Gasteiger charge is 2.32. The zero-order valence-corrected chi connectivity index (χ0v) is 14.5. The smallest absolute Gasteiger partial charge is 0.243 e. The molecule has 2 rings (SSSR count). The summed E-state index contributed by atoms with van der Waals surface area (Å²) in [5.41, 5.74) is 5.67. The lowest BCUT2D eigenvalue weighted by atomic mass is 10.1. The molecule has 0 saturated heterocycles. The van der Waals surface area contributed by atoms with Crippen LogP contribution in [0.2, 0.25) is 10.0 Å². The highest BCUT2D eigenvalue weighted by atomic mass is 79.9. The first-order valence-electron chi connectivity index (χ1n) is 6.22. The number of benzene rings is 1. The number of rotatable bonds is 4. The van der Waals surface area contributed by atoms with Crippen LogP contribution in [0.1, 0.15) is 19.3 Å². The zero-order valence-electron chi connectivity index (χ0n) is 10.6. The third-order valence-electron chi connectivity index (χ3n) is 3.50. The molecule has 0 aromatic heterocycles. The molecule has 8 heteroatoms. The Morgan fingerprint density at radius 3 is 2.45 bits per heavy atom. The van der Waals surface area contributed by atoms with Crippen LogP contribution in [0.25, 0.3) is 0 Å². The molecule has 2 unspecified atom stereocenters. The average Bonchev–Trinajstić information content (AvgIpc) is 2.73. The summed E-state index contributed by atoms with van der Waals surface area (Å²) >= 11 is 15.3. The van der Waals surface area contributed by atoms with Crippen molar-refractivity contribution in [2.45, 2.75) is 30.2 Å². The van der Waals surface area contributed by atoms with E-state index in [2.05, 4.69) is 20.7 Å². The summed E-state index contributed by atoms with van der Waals surface area (Å²) in [6.07, 6.45) is 2.69. The van der Waals surface area contributed by atoms with E-state index < -0.39 is 10.0 Å². The van der Waals surface area contributed by atoms with Crippen LogP contribution in [0.5, 0.6) is 0 Å². The van der Waals surface area contributed by atoms with Crippen LogP contribution in [0.4, 0.5) is 0 Å². The van der Waals surface area contributed by atoms with Crippen molar-refractivity contribution in [1.82, 2.24) is 4.72 Å². The summed E-state index contributed by atoms with van der Waals surface area (Å²) in [5.74, 6) is 0.165. The van der Waals surface area contributed by atoms with Crippen molar-refractivity contribution in [1.29, 1.82) is 0 Å². The summed E-state index contributed by atoms with van der Waals surface area (Å²) in [5, 5.41) is 0.193. The Morgan fingerprint density at radius 1 is 1.30 bits per heavy atom. The number of nitrogens with two attached hydrogens (primary N) is 1. The molecule has 1 aromatic carbocycles. The van der Waals surface area contributed by atoms with Crippen molar-refractivity contribution >= 4 is 49.2 Å². The van der Waals surface area contributed by atoms with E-state index in [0.29, 0.717) is 11.0 Å². The minimum Gasteiger partial charge on any atom is -0.330 e. The quantitative estimate of drug-likeness (QED) is 0.813. The van der Waals surface area contributed by atoms with Crippen molar-refractivity contribution in [3.63, 3.8) is 0 Å². The molecule has 3 N–H and O–H groups in total. The molecule has 1 aliphatic rings. The molecule has 112 valence electrons. The molecular formula is C12H15BrCl2N2O2S. The second-order valence-electron chi connectivity index (χ2n) is 4.85. The van der Waals surface area contributed by atoms with Gasteiger partial charge in [-0.2, -0.15) is 0 Å². The minimum atomic E-state index is -3.76. The predicted octanol–water partition coefficient (Wildman–Crippen LogP) is 3.16. The van der Waals surface area contributed by atoms with Gasteiger partial charge in [0.05, 0.1) is 10.0 Å². The summed E-state index contributed by atoms with van der Waals surface area (Å²) in [6, 6.07) is 2.87. The van der Waals surface area contributed by atoms with Gasteiger partial charge in [-0.25, -0.2) is 13.1 Å². The second-order valence-corrected chi connectivity index (χ2v) is 8.23. The molecule has 1 aliphatic carbocycles. The molecule has 0 aliphatic heterocycles. The van der Waals surface area contributed by atoms with Gasteiger partial charge in [0.2, 0.25) is 10.0 Å². The van der Waals surface area contributed by atoms with Gasteiger partial charge in [-0.3, -0.25) is 0 Å². The lowest BCUT2D eigenvalue weighted by Crippen LogP contribution is -2.40. The van der Waals surface area contributed by atoms with Gasteiger partial charge < -0.3 is 5.73 Å². The fraction of sp³-hybridized carbons (Fsp3) is 0.500. The Hall–Kier alpha value is 0.150. The lowest BCUT2D eigenvalue weighted by molar-refractivity contribution is 0.453. The molecule has 1 fully saturated rings. The molecule has 20 heavy (non-hydrogen) atoms. The van der Waals surface area contributed by atoms with Crippen LogP contribution in [0, 0.1) is 5.92 Å². The second kappa shape index (κ2) is 6.50. The third-order valence-corrected chi connectivity index (χ3v) is 6.37. The molecule has 0 spiro atoms. The van der Waals surface area contributed by atoms with Gasteiger partial charge in [0.15, 0.2) is 0 Å². The van der Waals surface area contributed by atoms with E-state index >= 15 is 0 Å². The van der Waals surface area contributed by atoms with Gasteiger partial charge in [0, 0.05) is 10.5 Å². The van der Waals surface area contributed by atoms with E-state index in [0.717, 1.165) is 19.3 Å². The molecule has 0 bridgehead atoms. The number of sulfonamides is 1. The molecular weight excluding hydrogens is 387 g/mol. The Balaban J connectivity index is 2.32. The molecule has 0 amide bonds. The standard InChI is InChI=1S/C12H15BrCl2N2O2S/c13-8-4-9(14)12(10(15)5-8)20(18,19)17-11-3-1-2-7(11)6-16/h4-5,7,11,17H,1-3,6,16H2. The van der Waals surface area contributed by atoms with E-state index in [1.54, 1.807) is 0 Å². The molecule has 2 atom stereocenters. The Morgan fingerprint density at radius 2 is 1.90 bits per heavy atom. The van der Waals surface area contributed by atoms with Crippen LogP contribution < -0.4 is 10.5 Å². The van der Waals surface area contributed by atoms with Gasteiger partial charge in [-0.05, 0) is 37.4 Å². The van der Waals surface area contributed by atoms with Gasteiger partial charge in [0.25, 0.3) is 0 Å². The Kier molecular flexibility index (Phi) is 5.37. The van der Waals surface area contributed by atoms with E-state index in [-0.39, 0.29) is 26.9 Å². The molecule has 1 saturated carbocycles. The van der Waals surface area contributed by atoms with Crippen LogP contribution in [-0.2, 0) is 10.0 Å². The number of halogens is 3. The zero-order chi connectivity index (χ0) is 14.9. The number of hydrogen-bond donors (Lipinski definition) is 2. The SMILES string of the molecule is NCC1CCCC1NS(=O)(=O)c1c(Cl)cc(Br)cc1Cl. The monoisotopic (exact) mass is 400 g/mol. The summed E-state index contributed by atoms with van der Waals surface area (Å²) in [7, 11) is -3.76. The maximum atomic E-state index is 12.5. The molecule has 1 aromatic rings. The van der Waals surface area contributed by atoms with E-state index in [1.807, 2.05) is 0 Å². The molecule has 0 heterocycles. The largest absolute Gasteiger partial charge is 0.330 e. The van der Waals surface area contributed by atoms with Crippen molar-refractivity contribution in [2.24, 2.45) is 11.7 Å². The lowest BCUT2D eigenvalue weighted by Gasteiger charge is -2.20. The van der Waals surface area contributed by atoms with Crippen molar-refractivity contribution in [3.05, 3.63) is 26.7 Å². The first kappa shape index (κ1) is 16.5. The van der Waals surface area contributed by atoms with Crippen LogP contribution in [-0.4, -0.2) is 21.0 Å². The average molecular weight is 402 g/mol. The van der Waals surface area contributed by atoms with Gasteiger partial charge >= 0.3 is 0 Å². The van der Waals surface area contributed by atoms with Gasteiger partial charge in [-0.15, -0.1) is 0 Å².